The number of nitrogens with zero attached hydrogens (tertiary/aromatic N) is 1. The van der Waals surface area contributed by atoms with Crippen molar-refractivity contribution in [2.24, 2.45) is 5.92 Å². The third-order valence-electron chi connectivity index (χ3n) is 2.52. The van der Waals surface area contributed by atoms with Gasteiger partial charge < -0.3 is 5.11 Å². The van der Waals surface area contributed by atoms with Gasteiger partial charge in [0.2, 0.25) is 0 Å². The summed E-state index contributed by atoms with van der Waals surface area (Å²) in [5.74, 6) is 0.302. The van der Waals surface area contributed by atoms with Crippen molar-refractivity contribution in [2.75, 3.05) is 0 Å². The summed E-state index contributed by atoms with van der Waals surface area (Å²) in [4.78, 5) is 4.32. The van der Waals surface area contributed by atoms with Gasteiger partial charge in [-0.2, -0.15) is 0 Å². The molecule has 0 amide bonds. The first-order chi connectivity index (χ1) is 6.49. The molecule has 0 aliphatic carbocycles. The predicted octanol–water partition coefficient (Wildman–Crippen LogP) is 2.26. The summed E-state index contributed by atoms with van der Waals surface area (Å²) in [7, 11) is 0. The standard InChI is InChI=1S/C12H19NO/c1-8(11(4)14)5-12-6-9(2)13-10(3)7-12/h6-8,11,14H,5H2,1-4H3. The summed E-state index contributed by atoms with van der Waals surface area (Å²) in [6.07, 6.45) is 0.672. The van der Waals surface area contributed by atoms with Gasteiger partial charge in [-0.25, -0.2) is 0 Å². The molecular weight excluding hydrogens is 174 g/mol. The number of aliphatic hydroxyl groups excluding tert-OH is 1. The Kier molecular flexibility index (Phi) is 3.64. The van der Waals surface area contributed by atoms with Crippen molar-refractivity contribution in [1.29, 1.82) is 0 Å². The van der Waals surface area contributed by atoms with Crippen molar-refractivity contribution in [3.63, 3.8) is 0 Å². The van der Waals surface area contributed by atoms with E-state index in [9.17, 15) is 5.11 Å². The lowest BCUT2D eigenvalue weighted by Gasteiger charge is -2.14. The van der Waals surface area contributed by atoms with E-state index in [0.717, 1.165) is 17.8 Å². The third-order valence-corrected chi connectivity index (χ3v) is 2.52. The summed E-state index contributed by atoms with van der Waals surface area (Å²) in [5, 5.41) is 9.41. The summed E-state index contributed by atoms with van der Waals surface area (Å²) in [6.45, 7) is 7.91. The molecule has 0 bridgehead atoms. The lowest BCUT2D eigenvalue weighted by atomic mass is 9.96. The highest BCUT2D eigenvalue weighted by Crippen LogP contribution is 2.13. The summed E-state index contributed by atoms with van der Waals surface area (Å²) in [6, 6.07) is 4.18. The third kappa shape index (κ3) is 3.11. The van der Waals surface area contributed by atoms with Crippen molar-refractivity contribution in [1.82, 2.24) is 4.98 Å². The Morgan fingerprint density at radius 2 is 1.71 bits per heavy atom. The van der Waals surface area contributed by atoms with E-state index in [1.165, 1.54) is 5.56 Å². The van der Waals surface area contributed by atoms with Crippen molar-refractivity contribution in [3.05, 3.63) is 29.1 Å². The van der Waals surface area contributed by atoms with Crippen LogP contribution in [-0.2, 0) is 6.42 Å². The molecule has 78 valence electrons. The smallest absolute Gasteiger partial charge is 0.0540 e. The van der Waals surface area contributed by atoms with Crippen LogP contribution in [0, 0.1) is 19.8 Å². The molecule has 1 rings (SSSR count). The molecule has 0 saturated carbocycles. The SMILES string of the molecule is Cc1cc(CC(C)C(C)O)cc(C)n1. The molecule has 14 heavy (non-hydrogen) atoms. The van der Waals surface area contributed by atoms with Crippen molar-refractivity contribution in [2.45, 2.75) is 40.2 Å². The number of hydrogen-bond acceptors (Lipinski definition) is 2. The van der Waals surface area contributed by atoms with Crippen LogP contribution >= 0.6 is 0 Å². The molecule has 1 aromatic heterocycles. The molecule has 0 aromatic carbocycles. The second kappa shape index (κ2) is 4.56. The van der Waals surface area contributed by atoms with E-state index in [1.807, 2.05) is 20.8 Å². The van der Waals surface area contributed by atoms with Gasteiger partial charge in [0.1, 0.15) is 0 Å². The Balaban J connectivity index is 2.76. The van der Waals surface area contributed by atoms with E-state index >= 15 is 0 Å². The molecule has 0 aliphatic heterocycles. The molecule has 0 spiro atoms. The molecule has 1 heterocycles. The van der Waals surface area contributed by atoms with Crippen LogP contribution in [0.1, 0.15) is 30.8 Å². The maximum Gasteiger partial charge on any atom is 0.0540 e. The first-order valence-corrected chi connectivity index (χ1v) is 5.11. The fraction of sp³-hybridized carbons (Fsp3) is 0.583. The van der Waals surface area contributed by atoms with Gasteiger partial charge in [-0.1, -0.05) is 6.92 Å². The van der Waals surface area contributed by atoms with Gasteiger partial charge in [0.15, 0.2) is 0 Å². The van der Waals surface area contributed by atoms with E-state index in [2.05, 4.69) is 24.0 Å². The average molecular weight is 193 g/mol. The molecule has 0 saturated heterocycles. The van der Waals surface area contributed by atoms with Crippen LogP contribution in [0.15, 0.2) is 12.1 Å². The van der Waals surface area contributed by atoms with E-state index in [0.29, 0.717) is 5.92 Å². The van der Waals surface area contributed by atoms with Crippen LogP contribution in [0.4, 0.5) is 0 Å². The molecule has 2 nitrogen and oxygen atoms in total. The second-order valence-corrected chi connectivity index (χ2v) is 4.18. The zero-order valence-electron chi connectivity index (χ0n) is 9.41. The van der Waals surface area contributed by atoms with Crippen LogP contribution in [0.5, 0.6) is 0 Å². The zero-order valence-corrected chi connectivity index (χ0v) is 9.41. The van der Waals surface area contributed by atoms with E-state index in [4.69, 9.17) is 0 Å². The highest BCUT2D eigenvalue weighted by atomic mass is 16.3. The summed E-state index contributed by atoms with van der Waals surface area (Å²) in [5.41, 5.74) is 3.37. The quantitative estimate of drug-likeness (QED) is 0.798. The first kappa shape index (κ1) is 11.2. The maximum absolute atomic E-state index is 9.41. The van der Waals surface area contributed by atoms with Crippen LogP contribution in [-0.4, -0.2) is 16.2 Å². The Hall–Kier alpha value is -0.890. The van der Waals surface area contributed by atoms with Crippen LogP contribution in [0.2, 0.25) is 0 Å². The number of hydrogen-bond donors (Lipinski definition) is 1. The average Bonchev–Trinajstić information content (AvgIpc) is 2.01. The molecule has 0 fully saturated rings. The highest BCUT2D eigenvalue weighted by molar-refractivity contribution is 5.20. The van der Waals surface area contributed by atoms with Crippen LogP contribution in [0.25, 0.3) is 0 Å². The Bertz CT molecular complexity index is 287. The lowest BCUT2D eigenvalue weighted by Crippen LogP contribution is -2.15. The summed E-state index contributed by atoms with van der Waals surface area (Å²) >= 11 is 0. The molecule has 0 radical (unpaired) electrons. The lowest BCUT2D eigenvalue weighted by molar-refractivity contribution is 0.135. The van der Waals surface area contributed by atoms with Gasteiger partial charge >= 0.3 is 0 Å². The molecule has 2 heteroatoms. The maximum atomic E-state index is 9.41. The van der Waals surface area contributed by atoms with Gasteiger partial charge in [-0.15, -0.1) is 0 Å². The van der Waals surface area contributed by atoms with E-state index < -0.39 is 0 Å². The topological polar surface area (TPSA) is 33.1 Å². The van der Waals surface area contributed by atoms with E-state index in [1.54, 1.807) is 0 Å². The Morgan fingerprint density at radius 1 is 1.21 bits per heavy atom. The van der Waals surface area contributed by atoms with Crippen LogP contribution < -0.4 is 0 Å². The fourth-order valence-electron chi connectivity index (χ4n) is 1.58. The molecule has 2 atom stereocenters. The second-order valence-electron chi connectivity index (χ2n) is 4.18. The van der Waals surface area contributed by atoms with Gasteiger partial charge in [-0.3, -0.25) is 4.98 Å². The Morgan fingerprint density at radius 3 is 2.14 bits per heavy atom. The number of aryl methyl sites for hydroxylation is 2. The minimum absolute atomic E-state index is 0.247. The van der Waals surface area contributed by atoms with Crippen molar-refractivity contribution in [3.8, 4) is 0 Å². The zero-order chi connectivity index (χ0) is 10.7. The van der Waals surface area contributed by atoms with E-state index in [-0.39, 0.29) is 6.10 Å². The van der Waals surface area contributed by atoms with Gasteiger partial charge in [0, 0.05) is 11.4 Å². The number of pyridine rings is 1. The fourth-order valence-corrected chi connectivity index (χ4v) is 1.58. The van der Waals surface area contributed by atoms with Crippen molar-refractivity contribution < 1.29 is 5.11 Å². The molecule has 2 unspecified atom stereocenters. The van der Waals surface area contributed by atoms with Crippen molar-refractivity contribution >= 4 is 0 Å². The number of rotatable bonds is 3. The highest BCUT2D eigenvalue weighted by Gasteiger charge is 2.09. The minimum Gasteiger partial charge on any atom is -0.393 e. The normalized spacial score (nSPS) is 15.2. The number of aliphatic hydroxyl groups is 1. The molecular formula is C12H19NO. The molecule has 1 N–H and O–H groups in total. The predicted molar refractivity (Wildman–Crippen MR) is 58.3 cm³/mol. The number of aromatic nitrogens is 1. The van der Waals surface area contributed by atoms with Gasteiger partial charge in [0.05, 0.1) is 6.10 Å². The molecule has 0 aliphatic rings. The first-order valence-electron chi connectivity index (χ1n) is 5.11. The summed E-state index contributed by atoms with van der Waals surface area (Å²) < 4.78 is 0. The molecule has 1 aromatic rings. The van der Waals surface area contributed by atoms with Gasteiger partial charge in [-0.05, 0) is 50.8 Å². The van der Waals surface area contributed by atoms with Gasteiger partial charge in [0.25, 0.3) is 0 Å². The Labute approximate surface area is 86.0 Å². The largest absolute Gasteiger partial charge is 0.393 e. The van der Waals surface area contributed by atoms with Crippen LogP contribution in [0.3, 0.4) is 0 Å². The minimum atomic E-state index is -0.247. The monoisotopic (exact) mass is 193 g/mol.